The third-order valence-electron chi connectivity index (χ3n) is 4.68. The lowest BCUT2D eigenvalue weighted by Gasteiger charge is -2.43. The molecule has 0 amide bonds. The van der Waals surface area contributed by atoms with Crippen LogP contribution in [0.4, 0.5) is 0 Å². The van der Waals surface area contributed by atoms with Crippen LogP contribution < -0.4 is 5.32 Å². The molecule has 2 fully saturated rings. The van der Waals surface area contributed by atoms with Gasteiger partial charge >= 0.3 is 0 Å². The van der Waals surface area contributed by atoms with Gasteiger partial charge in [0.15, 0.2) is 0 Å². The van der Waals surface area contributed by atoms with Gasteiger partial charge < -0.3 is 10.4 Å². The third kappa shape index (κ3) is 1.10. The van der Waals surface area contributed by atoms with Gasteiger partial charge in [0.1, 0.15) is 0 Å². The number of aliphatic hydroxyl groups is 1. The minimum atomic E-state index is -0.140. The fourth-order valence-electron chi connectivity index (χ4n) is 3.80. The van der Waals surface area contributed by atoms with Crippen molar-refractivity contribution in [1.29, 1.82) is 0 Å². The molecule has 14 heavy (non-hydrogen) atoms. The number of aliphatic hydroxyl groups excluding tert-OH is 1. The van der Waals surface area contributed by atoms with Crippen LogP contribution in [0.3, 0.4) is 0 Å². The van der Waals surface area contributed by atoms with Crippen molar-refractivity contribution in [3.63, 3.8) is 0 Å². The molecule has 2 N–H and O–H groups in total. The van der Waals surface area contributed by atoms with E-state index in [1.54, 1.807) is 0 Å². The zero-order valence-corrected chi connectivity index (χ0v) is 9.80. The topological polar surface area (TPSA) is 32.3 Å². The Balaban J connectivity index is 2.30. The molecule has 2 rings (SSSR count). The summed E-state index contributed by atoms with van der Waals surface area (Å²) < 4.78 is 0. The van der Waals surface area contributed by atoms with Crippen LogP contribution >= 0.6 is 0 Å². The van der Waals surface area contributed by atoms with Gasteiger partial charge in [-0.25, -0.2) is 0 Å². The molecule has 0 aromatic carbocycles. The molecule has 2 heteroatoms. The van der Waals surface area contributed by atoms with Crippen LogP contribution in [0.15, 0.2) is 0 Å². The SMILES string of the molecule is CC(C)NC12CCC(CC1O)C2(C)C. The molecule has 2 bridgehead atoms. The lowest BCUT2D eigenvalue weighted by Crippen LogP contribution is -2.59. The van der Waals surface area contributed by atoms with E-state index in [-0.39, 0.29) is 17.1 Å². The van der Waals surface area contributed by atoms with Gasteiger partial charge in [-0.2, -0.15) is 0 Å². The maximum atomic E-state index is 10.2. The van der Waals surface area contributed by atoms with E-state index in [2.05, 4.69) is 33.0 Å². The molecule has 2 aliphatic carbocycles. The van der Waals surface area contributed by atoms with Crippen molar-refractivity contribution < 1.29 is 5.11 Å². The van der Waals surface area contributed by atoms with Crippen molar-refractivity contribution >= 4 is 0 Å². The summed E-state index contributed by atoms with van der Waals surface area (Å²) in [5.74, 6) is 0.712. The van der Waals surface area contributed by atoms with Gasteiger partial charge in [0.2, 0.25) is 0 Å². The van der Waals surface area contributed by atoms with Gasteiger partial charge in [-0.05, 0) is 30.6 Å². The molecular weight excluding hydrogens is 174 g/mol. The van der Waals surface area contributed by atoms with Gasteiger partial charge in [-0.15, -0.1) is 0 Å². The maximum Gasteiger partial charge on any atom is 0.0730 e. The Kier molecular flexibility index (Phi) is 2.20. The molecule has 2 nitrogen and oxygen atoms in total. The highest BCUT2D eigenvalue weighted by molar-refractivity contribution is 5.18. The third-order valence-corrected chi connectivity index (χ3v) is 4.68. The van der Waals surface area contributed by atoms with E-state index < -0.39 is 0 Å². The zero-order valence-electron chi connectivity index (χ0n) is 9.80. The molecule has 3 atom stereocenters. The number of rotatable bonds is 2. The van der Waals surface area contributed by atoms with Gasteiger partial charge in [-0.3, -0.25) is 0 Å². The second-order valence-corrected chi connectivity index (χ2v) is 5.98. The molecule has 3 unspecified atom stereocenters. The summed E-state index contributed by atoms with van der Waals surface area (Å²) in [7, 11) is 0. The Morgan fingerprint density at radius 3 is 2.36 bits per heavy atom. The summed E-state index contributed by atoms with van der Waals surface area (Å²) in [6.07, 6.45) is 3.28. The molecule has 0 saturated heterocycles. The summed E-state index contributed by atoms with van der Waals surface area (Å²) in [6.45, 7) is 8.97. The molecule has 0 aromatic heterocycles. The largest absolute Gasteiger partial charge is 0.391 e. The zero-order chi connectivity index (χ0) is 10.6. The lowest BCUT2D eigenvalue weighted by atomic mass is 9.75. The first kappa shape index (κ1) is 10.4. The van der Waals surface area contributed by atoms with Crippen molar-refractivity contribution in [1.82, 2.24) is 5.32 Å². The van der Waals surface area contributed by atoms with E-state index in [1.165, 1.54) is 6.42 Å². The quantitative estimate of drug-likeness (QED) is 0.709. The fraction of sp³-hybridized carbons (Fsp3) is 1.00. The molecule has 0 heterocycles. The standard InChI is InChI=1S/C12H23NO/c1-8(2)13-12-6-5-9(7-10(12)14)11(12,3)4/h8-10,13-14H,5-7H2,1-4H3. The van der Waals surface area contributed by atoms with Gasteiger partial charge in [-0.1, -0.05) is 27.7 Å². The summed E-state index contributed by atoms with van der Waals surface area (Å²) in [5, 5.41) is 13.8. The smallest absolute Gasteiger partial charge is 0.0730 e. The Hall–Kier alpha value is -0.0800. The van der Waals surface area contributed by atoms with Gasteiger partial charge in [0.25, 0.3) is 0 Å². The van der Waals surface area contributed by atoms with E-state index in [1.807, 2.05) is 0 Å². The predicted octanol–water partition coefficient (Wildman–Crippen LogP) is 1.92. The monoisotopic (exact) mass is 197 g/mol. The first-order valence-electron chi connectivity index (χ1n) is 5.86. The summed E-state index contributed by atoms with van der Waals surface area (Å²) >= 11 is 0. The molecule has 2 aliphatic rings. The lowest BCUT2D eigenvalue weighted by molar-refractivity contribution is 0.0320. The predicted molar refractivity (Wildman–Crippen MR) is 58.1 cm³/mol. The first-order chi connectivity index (χ1) is 6.40. The number of nitrogens with one attached hydrogen (secondary N) is 1. The fourth-order valence-corrected chi connectivity index (χ4v) is 3.80. The minimum absolute atomic E-state index is 0.00810. The van der Waals surface area contributed by atoms with Crippen molar-refractivity contribution in [2.24, 2.45) is 11.3 Å². The highest BCUT2D eigenvalue weighted by Crippen LogP contribution is 2.60. The molecular formula is C12H23NO. The Morgan fingerprint density at radius 2 is 2.00 bits per heavy atom. The Bertz CT molecular complexity index is 236. The Labute approximate surface area is 87.1 Å². The summed E-state index contributed by atoms with van der Waals surface area (Å²) in [6, 6.07) is 0.459. The highest BCUT2D eigenvalue weighted by atomic mass is 16.3. The molecule has 0 aliphatic heterocycles. The van der Waals surface area contributed by atoms with Crippen LogP contribution in [0.5, 0.6) is 0 Å². The highest BCUT2D eigenvalue weighted by Gasteiger charge is 2.63. The number of hydrogen-bond acceptors (Lipinski definition) is 2. The molecule has 0 aromatic rings. The summed E-state index contributed by atoms with van der Waals surface area (Å²) in [5.41, 5.74) is 0.253. The van der Waals surface area contributed by atoms with E-state index in [0.717, 1.165) is 12.8 Å². The van der Waals surface area contributed by atoms with Crippen LogP contribution in [0, 0.1) is 11.3 Å². The van der Waals surface area contributed by atoms with Crippen LogP contribution in [0.2, 0.25) is 0 Å². The number of fused-ring (bicyclic) bond motifs is 2. The second kappa shape index (κ2) is 2.96. The Morgan fingerprint density at radius 1 is 1.36 bits per heavy atom. The minimum Gasteiger partial charge on any atom is -0.391 e. The van der Waals surface area contributed by atoms with Crippen LogP contribution in [-0.2, 0) is 0 Å². The average Bonchev–Trinajstić information content (AvgIpc) is 2.36. The summed E-state index contributed by atoms with van der Waals surface area (Å²) in [4.78, 5) is 0. The van der Waals surface area contributed by atoms with Crippen LogP contribution in [0.25, 0.3) is 0 Å². The van der Waals surface area contributed by atoms with Crippen molar-refractivity contribution in [3.05, 3.63) is 0 Å². The average molecular weight is 197 g/mol. The van der Waals surface area contributed by atoms with Crippen molar-refractivity contribution in [2.45, 2.75) is 64.6 Å². The first-order valence-corrected chi connectivity index (χ1v) is 5.86. The normalized spacial score (nSPS) is 45.0. The van der Waals surface area contributed by atoms with Gasteiger partial charge in [0, 0.05) is 11.6 Å². The van der Waals surface area contributed by atoms with E-state index >= 15 is 0 Å². The molecule has 0 spiro atoms. The number of hydrogen-bond donors (Lipinski definition) is 2. The van der Waals surface area contributed by atoms with E-state index in [0.29, 0.717) is 12.0 Å². The maximum absolute atomic E-state index is 10.2. The van der Waals surface area contributed by atoms with E-state index in [9.17, 15) is 5.11 Å². The van der Waals surface area contributed by atoms with E-state index in [4.69, 9.17) is 0 Å². The van der Waals surface area contributed by atoms with Crippen LogP contribution in [0.1, 0.15) is 47.0 Å². The molecule has 82 valence electrons. The molecule has 2 saturated carbocycles. The van der Waals surface area contributed by atoms with Crippen molar-refractivity contribution in [2.75, 3.05) is 0 Å². The van der Waals surface area contributed by atoms with Crippen molar-refractivity contribution in [3.8, 4) is 0 Å². The van der Waals surface area contributed by atoms with Crippen LogP contribution in [-0.4, -0.2) is 22.8 Å². The second-order valence-electron chi connectivity index (χ2n) is 5.98. The molecule has 0 radical (unpaired) electrons. The van der Waals surface area contributed by atoms with Gasteiger partial charge in [0.05, 0.1) is 6.10 Å².